The number of benzene rings is 2. The van der Waals surface area contributed by atoms with Crippen molar-refractivity contribution in [2.75, 3.05) is 13.7 Å². The van der Waals surface area contributed by atoms with Crippen LogP contribution in [0.2, 0.25) is 0 Å². The first-order chi connectivity index (χ1) is 15.4. The van der Waals surface area contributed by atoms with Gasteiger partial charge in [0.05, 0.1) is 18.1 Å². The van der Waals surface area contributed by atoms with E-state index >= 15 is 0 Å². The van der Waals surface area contributed by atoms with Gasteiger partial charge in [0.25, 0.3) is 0 Å². The number of para-hydroxylation sites is 2. The predicted octanol–water partition coefficient (Wildman–Crippen LogP) is 4.22. The molecule has 1 heterocycles. The van der Waals surface area contributed by atoms with Crippen molar-refractivity contribution < 1.29 is 32.9 Å². The molecule has 164 valence electrons. The van der Waals surface area contributed by atoms with Gasteiger partial charge in [-0.05, 0) is 35.9 Å². The second kappa shape index (κ2) is 10.1. The lowest BCUT2D eigenvalue weighted by Gasteiger charge is -2.10. The van der Waals surface area contributed by atoms with Gasteiger partial charge in [-0.3, -0.25) is 0 Å². The molecule has 0 fully saturated rings. The number of nitrogens with zero attached hydrogens (tertiary/aromatic N) is 2. The summed E-state index contributed by atoms with van der Waals surface area (Å²) in [7, 11) is 1.29. The number of hydrogen-bond donors (Lipinski definition) is 2. The fraction of sp³-hybridized carbons (Fsp3) is 0.136. The molecule has 0 unspecified atom stereocenters. The topological polar surface area (TPSA) is 117 Å². The Morgan fingerprint density at radius 2 is 2.06 bits per heavy atom. The van der Waals surface area contributed by atoms with E-state index in [1.165, 1.54) is 31.4 Å². The van der Waals surface area contributed by atoms with Crippen LogP contribution in [0.15, 0.2) is 54.3 Å². The summed E-state index contributed by atoms with van der Waals surface area (Å²) in [5.74, 6) is -1.21. The van der Waals surface area contributed by atoms with E-state index in [1.54, 1.807) is 24.3 Å². The van der Waals surface area contributed by atoms with Crippen molar-refractivity contribution in [3.8, 4) is 17.6 Å². The zero-order chi connectivity index (χ0) is 23.1. The van der Waals surface area contributed by atoms with Gasteiger partial charge in [0.15, 0.2) is 23.1 Å². The number of hydrogen-bond acceptors (Lipinski definition) is 7. The van der Waals surface area contributed by atoms with Crippen LogP contribution in [0.5, 0.6) is 11.5 Å². The minimum atomic E-state index is -3.00. The maximum absolute atomic E-state index is 12.4. The zero-order valence-corrected chi connectivity index (χ0v) is 16.7. The number of nitriles is 1. The third-order valence-electron chi connectivity index (χ3n) is 4.19. The van der Waals surface area contributed by atoms with E-state index in [-0.39, 0.29) is 22.9 Å². The maximum Gasteiger partial charge on any atom is 0.387 e. The first-order valence-electron chi connectivity index (χ1n) is 9.16. The van der Waals surface area contributed by atoms with Crippen molar-refractivity contribution in [2.24, 2.45) is 0 Å². The van der Waals surface area contributed by atoms with Crippen LogP contribution in [0.1, 0.15) is 11.4 Å². The van der Waals surface area contributed by atoms with E-state index in [9.17, 15) is 23.9 Å². The van der Waals surface area contributed by atoms with Gasteiger partial charge in [0.1, 0.15) is 18.2 Å². The number of H-pyrrole nitrogens is 1. The number of imidazole rings is 1. The number of fused-ring (bicyclic) bond motifs is 1. The molecule has 8 nitrogen and oxygen atoms in total. The van der Waals surface area contributed by atoms with Crippen LogP contribution in [-0.4, -0.2) is 41.4 Å². The Morgan fingerprint density at radius 1 is 1.28 bits per heavy atom. The number of carbonyl (C=O) groups is 1. The van der Waals surface area contributed by atoms with Gasteiger partial charge in [0, 0.05) is 6.08 Å². The van der Waals surface area contributed by atoms with Crippen molar-refractivity contribution in [1.82, 2.24) is 9.97 Å². The Kier molecular flexibility index (Phi) is 7.02. The maximum atomic E-state index is 12.4. The van der Waals surface area contributed by atoms with Gasteiger partial charge >= 0.3 is 12.6 Å². The van der Waals surface area contributed by atoms with E-state index in [4.69, 9.17) is 9.47 Å². The molecule has 0 aliphatic rings. The molecule has 32 heavy (non-hydrogen) atoms. The fourth-order valence-electron chi connectivity index (χ4n) is 2.73. The highest BCUT2D eigenvalue weighted by Gasteiger charge is 2.14. The molecule has 3 aromatic rings. The monoisotopic (exact) mass is 441 g/mol. The molecule has 0 spiro atoms. The van der Waals surface area contributed by atoms with Crippen LogP contribution >= 0.6 is 0 Å². The Hall–Kier alpha value is -4.39. The number of aromatic nitrogens is 2. The number of halogens is 2. The highest BCUT2D eigenvalue weighted by molar-refractivity contribution is 5.87. The summed E-state index contributed by atoms with van der Waals surface area (Å²) in [6.45, 7) is -3.55. The summed E-state index contributed by atoms with van der Waals surface area (Å²) >= 11 is 0. The van der Waals surface area contributed by atoms with E-state index < -0.39 is 24.9 Å². The van der Waals surface area contributed by atoms with Gasteiger partial charge in [0.2, 0.25) is 0 Å². The van der Waals surface area contributed by atoms with E-state index in [1.807, 2.05) is 6.07 Å². The van der Waals surface area contributed by atoms with Gasteiger partial charge in [-0.2, -0.15) is 14.0 Å². The second-order valence-electron chi connectivity index (χ2n) is 6.27. The molecule has 0 radical (unpaired) electrons. The molecule has 1 aromatic heterocycles. The van der Waals surface area contributed by atoms with Gasteiger partial charge in [-0.1, -0.05) is 18.2 Å². The molecular weight excluding hydrogens is 424 g/mol. The third-order valence-corrected chi connectivity index (χ3v) is 4.19. The van der Waals surface area contributed by atoms with Crippen molar-refractivity contribution >= 4 is 28.7 Å². The fourth-order valence-corrected chi connectivity index (χ4v) is 2.73. The summed E-state index contributed by atoms with van der Waals surface area (Å²) in [5.41, 5.74) is 1.60. The number of esters is 1. The smallest absolute Gasteiger partial charge is 0.387 e. The van der Waals surface area contributed by atoms with Crippen LogP contribution in [-0.2, 0) is 9.53 Å². The molecule has 0 saturated carbocycles. The van der Waals surface area contributed by atoms with Gasteiger partial charge < -0.3 is 24.3 Å². The highest BCUT2D eigenvalue weighted by Crippen LogP contribution is 2.29. The Labute approximate surface area is 181 Å². The number of alkyl halides is 2. The summed E-state index contributed by atoms with van der Waals surface area (Å²) in [6.07, 6.45) is 2.44. The van der Waals surface area contributed by atoms with Crippen LogP contribution in [0.3, 0.4) is 0 Å². The first-order valence-corrected chi connectivity index (χ1v) is 9.16. The molecule has 0 bridgehead atoms. The summed E-state index contributed by atoms with van der Waals surface area (Å²) in [6, 6.07) is 13.0. The molecule has 0 saturated heterocycles. The minimum Gasteiger partial charge on any atom is -0.507 e. The summed E-state index contributed by atoms with van der Waals surface area (Å²) in [4.78, 5) is 19.1. The molecule has 0 aliphatic heterocycles. The number of ether oxygens (including phenoxy) is 3. The normalized spacial score (nSPS) is 12.0. The van der Waals surface area contributed by atoms with Crippen LogP contribution in [0, 0.1) is 11.3 Å². The molecule has 0 atom stereocenters. The van der Waals surface area contributed by atoms with Gasteiger partial charge in [-0.15, -0.1) is 0 Å². The number of aliphatic hydroxyl groups excluding tert-OH is 1. The highest BCUT2D eigenvalue weighted by atomic mass is 19.3. The predicted molar refractivity (Wildman–Crippen MR) is 111 cm³/mol. The number of methoxy groups -OCH3 is 1. The third kappa shape index (κ3) is 5.40. The van der Waals surface area contributed by atoms with Crippen molar-refractivity contribution in [3.05, 3.63) is 65.7 Å². The number of aromatic amines is 1. The first kappa shape index (κ1) is 22.3. The molecule has 2 N–H and O–H groups in total. The standard InChI is InChI=1S/C22H17F2N3O5/c1-30-19-10-13(6-8-18(19)32-22(23)24)7-9-20(29)31-12-17(28)14(11-25)21-26-15-4-2-3-5-16(15)27-21/h2-10,22,28H,12H2,1H3,(H,26,27)/b9-7+,17-14-. The Morgan fingerprint density at radius 3 is 2.75 bits per heavy atom. The average Bonchev–Trinajstić information content (AvgIpc) is 3.20. The molecular formula is C22H17F2N3O5. The van der Waals surface area contributed by atoms with Crippen LogP contribution in [0.25, 0.3) is 22.7 Å². The van der Waals surface area contributed by atoms with Crippen molar-refractivity contribution in [1.29, 1.82) is 5.26 Å². The quantitative estimate of drug-likeness (QED) is 0.233. The minimum absolute atomic E-state index is 0.0610. The van der Waals surface area contributed by atoms with Crippen LogP contribution in [0.4, 0.5) is 8.78 Å². The molecule has 0 amide bonds. The van der Waals surface area contributed by atoms with Crippen molar-refractivity contribution in [3.63, 3.8) is 0 Å². The molecule has 10 heteroatoms. The van der Waals surface area contributed by atoms with E-state index in [0.717, 1.165) is 6.08 Å². The van der Waals surface area contributed by atoms with E-state index in [0.29, 0.717) is 16.6 Å². The largest absolute Gasteiger partial charge is 0.507 e. The Balaban J connectivity index is 1.66. The molecule has 3 rings (SSSR count). The number of rotatable bonds is 8. The summed E-state index contributed by atoms with van der Waals surface area (Å²) in [5, 5.41) is 19.6. The van der Waals surface area contributed by atoms with Gasteiger partial charge in [-0.25, -0.2) is 9.78 Å². The average molecular weight is 441 g/mol. The van der Waals surface area contributed by atoms with Crippen LogP contribution < -0.4 is 9.47 Å². The lowest BCUT2D eigenvalue weighted by molar-refractivity contribution is -0.137. The number of allylic oxidation sites excluding steroid dienone is 1. The number of nitrogens with one attached hydrogen (secondary N) is 1. The van der Waals surface area contributed by atoms with E-state index in [2.05, 4.69) is 14.7 Å². The van der Waals surface area contributed by atoms with Crippen molar-refractivity contribution in [2.45, 2.75) is 6.61 Å². The zero-order valence-electron chi connectivity index (χ0n) is 16.7. The SMILES string of the molecule is COc1cc(/C=C/C(=O)OC/C(O)=C(\C#N)c2nc3ccccc3[nH]2)ccc1OC(F)F. The number of carbonyl (C=O) groups excluding carboxylic acids is 1. The molecule has 0 aliphatic carbocycles. The number of aliphatic hydroxyl groups is 1. The lowest BCUT2D eigenvalue weighted by atomic mass is 10.2. The summed E-state index contributed by atoms with van der Waals surface area (Å²) < 4.78 is 39.0. The Bertz CT molecular complexity index is 1190. The second-order valence-corrected chi connectivity index (χ2v) is 6.27. The lowest BCUT2D eigenvalue weighted by Crippen LogP contribution is -2.06. The molecule has 2 aromatic carbocycles.